The standard InChI is InChI=1S/C14H20N2O3/c1-3-4-10-19-14(8-6-5-7-9-14)16-11(2)12(17)15-13(16)18/h5-8,11H,3-4,9-10H2,1-2H3,(H,15,17,18). The molecule has 0 spiro atoms. The lowest BCUT2D eigenvalue weighted by Gasteiger charge is -2.40. The van der Waals surface area contributed by atoms with Gasteiger partial charge < -0.3 is 4.74 Å². The minimum Gasteiger partial charge on any atom is -0.351 e. The van der Waals surface area contributed by atoms with E-state index in [0.29, 0.717) is 13.0 Å². The predicted octanol–water partition coefficient (Wildman–Crippen LogP) is 1.96. The molecule has 0 radical (unpaired) electrons. The first-order chi connectivity index (χ1) is 9.10. The fraction of sp³-hybridized carbons (Fsp3) is 0.571. The number of hydrogen-bond acceptors (Lipinski definition) is 3. The van der Waals surface area contributed by atoms with Gasteiger partial charge in [0.1, 0.15) is 6.04 Å². The number of ether oxygens (including phenoxy) is 1. The summed E-state index contributed by atoms with van der Waals surface area (Å²) in [6, 6.07) is -0.890. The first kappa shape index (κ1) is 13.8. The van der Waals surface area contributed by atoms with Crippen LogP contribution in [0.3, 0.4) is 0 Å². The lowest BCUT2D eigenvalue weighted by atomic mass is 10.0. The van der Waals surface area contributed by atoms with Gasteiger partial charge in [0.05, 0.1) is 0 Å². The molecular formula is C14H20N2O3. The van der Waals surface area contributed by atoms with E-state index in [1.165, 1.54) is 4.90 Å². The molecule has 104 valence electrons. The molecule has 2 atom stereocenters. The maximum atomic E-state index is 12.0. The monoisotopic (exact) mass is 264 g/mol. The number of carbonyl (C=O) groups is 2. The van der Waals surface area contributed by atoms with Crippen molar-refractivity contribution in [2.24, 2.45) is 0 Å². The molecule has 1 aliphatic heterocycles. The van der Waals surface area contributed by atoms with Gasteiger partial charge in [-0.3, -0.25) is 15.0 Å². The molecule has 1 saturated heterocycles. The number of imide groups is 1. The molecule has 0 aromatic heterocycles. The molecule has 2 unspecified atom stereocenters. The zero-order chi connectivity index (χ0) is 13.9. The Bertz CT molecular complexity index is 430. The molecule has 1 aliphatic carbocycles. The third-order valence-corrected chi connectivity index (χ3v) is 3.49. The molecule has 1 heterocycles. The quantitative estimate of drug-likeness (QED) is 0.610. The van der Waals surface area contributed by atoms with Gasteiger partial charge in [0.2, 0.25) is 0 Å². The average Bonchev–Trinajstić information content (AvgIpc) is 2.65. The van der Waals surface area contributed by atoms with Crippen LogP contribution in [-0.2, 0) is 9.53 Å². The van der Waals surface area contributed by atoms with Crippen LogP contribution in [0.2, 0.25) is 0 Å². The van der Waals surface area contributed by atoms with Gasteiger partial charge in [-0.05, 0) is 19.4 Å². The molecule has 2 rings (SSSR count). The first-order valence-electron chi connectivity index (χ1n) is 6.73. The van der Waals surface area contributed by atoms with E-state index in [1.807, 2.05) is 24.3 Å². The molecular weight excluding hydrogens is 244 g/mol. The van der Waals surface area contributed by atoms with Gasteiger partial charge in [0.25, 0.3) is 5.91 Å². The molecule has 3 amide bonds. The van der Waals surface area contributed by atoms with Crippen molar-refractivity contribution in [3.05, 3.63) is 24.3 Å². The molecule has 0 saturated carbocycles. The maximum absolute atomic E-state index is 12.0. The minimum atomic E-state index is -0.834. The van der Waals surface area contributed by atoms with E-state index >= 15 is 0 Å². The van der Waals surface area contributed by atoms with Crippen LogP contribution in [-0.4, -0.2) is 35.2 Å². The van der Waals surface area contributed by atoms with Crippen LogP contribution in [0, 0.1) is 0 Å². The highest BCUT2D eigenvalue weighted by atomic mass is 16.5. The van der Waals surface area contributed by atoms with E-state index in [9.17, 15) is 9.59 Å². The minimum absolute atomic E-state index is 0.272. The predicted molar refractivity (Wildman–Crippen MR) is 71.3 cm³/mol. The number of nitrogens with zero attached hydrogens (tertiary/aromatic N) is 1. The molecule has 1 fully saturated rings. The summed E-state index contributed by atoms with van der Waals surface area (Å²) in [5, 5.41) is 2.34. The Morgan fingerprint density at radius 1 is 1.47 bits per heavy atom. The summed E-state index contributed by atoms with van der Waals surface area (Å²) < 4.78 is 5.96. The van der Waals surface area contributed by atoms with E-state index in [2.05, 4.69) is 12.2 Å². The van der Waals surface area contributed by atoms with Crippen LogP contribution in [0.4, 0.5) is 4.79 Å². The summed E-state index contributed by atoms with van der Waals surface area (Å²) in [4.78, 5) is 25.1. The Hall–Kier alpha value is -1.62. The van der Waals surface area contributed by atoms with E-state index < -0.39 is 11.8 Å². The van der Waals surface area contributed by atoms with Crippen molar-refractivity contribution in [3.63, 3.8) is 0 Å². The summed E-state index contributed by atoms with van der Waals surface area (Å²) in [5.74, 6) is -0.272. The second-order valence-electron chi connectivity index (χ2n) is 4.88. The molecule has 5 heteroatoms. The molecule has 5 nitrogen and oxygen atoms in total. The van der Waals surface area contributed by atoms with Gasteiger partial charge in [0, 0.05) is 13.0 Å². The number of rotatable bonds is 5. The fourth-order valence-corrected chi connectivity index (χ4v) is 2.40. The highest BCUT2D eigenvalue weighted by molar-refractivity contribution is 6.04. The van der Waals surface area contributed by atoms with Crippen molar-refractivity contribution in [2.45, 2.75) is 44.9 Å². The smallest absolute Gasteiger partial charge is 0.327 e. The van der Waals surface area contributed by atoms with Gasteiger partial charge in [-0.1, -0.05) is 31.6 Å². The van der Waals surface area contributed by atoms with Crippen LogP contribution in [0.15, 0.2) is 24.3 Å². The Morgan fingerprint density at radius 2 is 2.26 bits per heavy atom. The molecule has 19 heavy (non-hydrogen) atoms. The van der Waals surface area contributed by atoms with Crippen molar-refractivity contribution in [1.82, 2.24) is 10.2 Å². The Morgan fingerprint density at radius 3 is 2.79 bits per heavy atom. The number of nitrogens with one attached hydrogen (secondary N) is 1. The highest BCUT2D eigenvalue weighted by Crippen LogP contribution is 2.31. The number of allylic oxidation sites excluding steroid dienone is 2. The van der Waals surface area contributed by atoms with E-state index in [1.54, 1.807) is 6.92 Å². The Kier molecular flexibility index (Phi) is 4.04. The highest BCUT2D eigenvalue weighted by Gasteiger charge is 2.48. The van der Waals surface area contributed by atoms with Crippen LogP contribution in [0.5, 0.6) is 0 Å². The lowest BCUT2D eigenvalue weighted by molar-refractivity contribution is -0.131. The number of urea groups is 1. The third-order valence-electron chi connectivity index (χ3n) is 3.49. The molecule has 2 aliphatic rings. The molecule has 1 N–H and O–H groups in total. The number of hydrogen-bond donors (Lipinski definition) is 1. The molecule has 0 aromatic carbocycles. The summed E-state index contributed by atoms with van der Waals surface area (Å²) in [6.07, 6.45) is 10.1. The lowest BCUT2D eigenvalue weighted by Crippen LogP contribution is -2.54. The van der Waals surface area contributed by atoms with Crippen molar-refractivity contribution in [1.29, 1.82) is 0 Å². The first-order valence-corrected chi connectivity index (χ1v) is 6.73. The van der Waals surface area contributed by atoms with E-state index in [0.717, 1.165) is 12.8 Å². The molecule has 0 bridgehead atoms. The average molecular weight is 264 g/mol. The maximum Gasteiger partial charge on any atom is 0.327 e. The van der Waals surface area contributed by atoms with Gasteiger partial charge in [-0.15, -0.1) is 0 Å². The van der Waals surface area contributed by atoms with E-state index in [4.69, 9.17) is 4.74 Å². The van der Waals surface area contributed by atoms with Crippen molar-refractivity contribution in [3.8, 4) is 0 Å². The normalized spacial score (nSPS) is 30.0. The number of unbranched alkanes of at least 4 members (excludes halogenated alkanes) is 1. The van der Waals surface area contributed by atoms with Gasteiger partial charge in [0.15, 0.2) is 5.72 Å². The third kappa shape index (κ3) is 2.56. The van der Waals surface area contributed by atoms with E-state index in [-0.39, 0.29) is 11.9 Å². The Balaban J connectivity index is 2.22. The zero-order valence-corrected chi connectivity index (χ0v) is 11.4. The summed E-state index contributed by atoms with van der Waals surface area (Å²) >= 11 is 0. The summed E-state index contributed by atoms with van der Waals surface area (Å²) in [6.45, 7) is 4.37. The summed E-state index contributed by atoms with van der Waals surface area (Å²) in [5.41, 5.74) is -0.834. The van der Waals surface area contributed by atoms with Crippen molar-refractivity contribution >= 4 is 11.9 Å². The number of carbonyl (C=O) groups excluding carboxylic acids is 2. The van der Waals surface area contributed by atoms with Crippen molar-refractivity contribution < 1.29 is 14.3 Å². The van der Waals surface area contributed by atoms with Gasteiger partial charge in [-0.25, -0.2) is 4.79 Å². The zero-order valence-electron chi connectivity index (χ0n) is 11.4. The van der Waals surface area contributed by atoms with Crippen LogP contribution >= 0.6 is 0 Å². The second-order valence-corrected chi connectivity index (χ2v) is 4.88. The number of amides is 3. The second kappa shape index (κ2) is 5.57. The van der Waals surface area contributed by atoms with Crippen LogP contribution < -0.4 is 5.32 Å². The van der Waals surface area contributed by atoms with Gasteiger partial charge >= 0.3 is 6.03 Å². The topological polar surface area (TPSA) is 58.6 Å². The summed E-state index contributed by atoms with van der Waals surface area (Å²) in [7, 11) is 0. The van der Waals surface area contributed by atoms with Gasteiger partial charge in [-0.2, -0.15) is 0 Å². The van der Waals surface area contributed by atoms with Crippen LogP contribution in [0.1, 0.15) is 33.1 Å². The largest absolute Gasteiger partial charge is 0.351 e. The SMILES string of the molecule is CCCCOC1(N2C(=O)NC(=O)C2C)C=CC=CC1. The molecule has 0 aromatic rings. The van der Waals surface area contributed by atoms with Crippen LogP contribution in [0.25, 0.3) is 0 Å². The fourth-order valence-electron chi connectivity index (χ4n) is 2.40. The Labute approximate surface area is 113 Å². The van der Waals surface area contributed by atoms with Crippen molar-refractivity contribution in [2.75, 3.05) is 6.61 Å².